The van der Waals surface area contributed by atoms with Crippen LogP contribution < -0.4 is 15.4 Å². The number of benzene rings is 1. The zero-order valence-electron chi connectivity index (χ0n) is 18.7. The lowest BCUT2D eigenvalue weighted by Gasteiger charge is -2.13. The van der Waals surface area contributed by atoms with Crippen LogP contribution in [0.4, 0.5) is 4.39 Å². The molecular formula is C22H32FN5O3S. The van der Waals surface area contributed by atoms with Crippen LogP contribution in [0.15, 0.2) is 24.4 Å². The first kappa shape index (κ1) is 25.6. The number of hydrogen-bond acceptors (Lipinski definition) is 6. The number of nitrogens with zero attached hydrogens (tertiary/aromatic N) is 3. The summed E-state index contributed by atoms with van der Waals surface area (Å²) in [6, 6.07) is 5.06. The van der Waals surface area contributed by atoms with Crippen molar-refractivity contribution in [2.24, 2.45) is 0 Å². The lowest BCUT2D eigenvalue weighted by atomic mass is 10.1. The zero-order valence-corrected chi connectivity index (χ0v) is 19.5. The Labute approximate surface area is 192 Å². The van der Waals surface area contributed by atoms with Gasteiger partial charge in [0.15, 0.2) is 5.69 Å². The minimum absolute atomic E-state index is 0.199. The van der Waals surface area contributed by atoms with Gasteiger partial charge in [0, 0.05) is 24.4 Å². The summed E-state index contributed by atoms with van der Waals surface area (Å²) < 4.78 is 19.6. The van der Waals surface area contributed by atoms with Crippen LogP contribution in [0.5, 0.6) is 5.75 Å². The predicted molar refractivity (Wildman–Crippen MR) is 125 cm³/mol. The molecule has 2 rings (SSSR count). The fraction of sp³-hybridized carbons (Fsp3) is 0.545. The Balaban J connectivity index is 2.13. The molecule has 0 aliphatic rings. The fourth-order valence-electron chi connectivity index (χ4n) is 2.91. The third-order valence-corrected chi connectivity index (χ3v) is 5.45. The van der Waals surface area contributed by atoms with Crippen LogP contribution in [-0.4, -0.2) is 64.7 Å². The average molecular weight is 466 g/mol. The van der Waals surface area contributed by atoms with Crippen LogP contribution in [-0.2, 0) is 0 Å². The molecule has 1 aromatic heterocycles. The molecule has 0 aliphatic carbocycles. The molecule has 2 amide bonds. The molecule has 0 saturated carbocycles. The number of ether oxygens (including phenoxy) is 1. The number of halogens is 1. The summed E-state index contributed by atoms with van der Waals surface area (Å²) in [6.45, 7) is 5.11. The van der Waals surface area contributed by atoms with Crippen LogP contribution >= 0.6 is 11.8 Å². The summed E-state index contributed by atoms with van der Waals surface area (Å²) in [4.78, 5) is 24.5. The monoisotopic (exact) mass is 465 g/mol. The predicted octanol–water partition coefficient (Wildman–Crippen LogP) is 3.41. The van der Waals surface area contributed by atoms with E-state index >= 15 is 0 Å². The minimum atomic E-state index is -0.306. The minimum Gasteiger partial charge on any atom is -0.491 e. The number of carbonyl (C=O) groups is 2. The summed E-state index contributed by atoms with van der Waals surface area (Å²) >= 11 is 1.75. The largest absolute Gasteiger partial charge is 0.491 e. The Kier molecular flexibility index (Phi) is 11.6. The summed E-state index contributed by atoms with van der Waals surface area (Å²) in [6.07, 6.45) is 4.53. The number of alkyl halides is 1. The number of rotatable bonds is 15. The van der Waals surface area contributed by atoms with E-state index in [1.165, 1.54) is 10.9 Å². The second-order valence-electron chi connectivity index (χ2n) is 6.99. The highest BCUT2D eigenvalue weighted by Gasteiger charge is 2.16. The standard InChI is InChI=1S/C22H32FN5O3S/c1-3-24-21(29)17-9-10-19(20(15-17)31-13-8-6-5-7-11-23)28-16-18(26-27-28)22(30)25-12-14-32-4-2/h9-10,15-16H,3-8,11-14H2,1-2H3,(H,24,29)(H,25,30). The first-order chi connectivity index (χ1) is 15.6. The Morgan fingerprint density at radius 2 is 1.94 bits per heavy atom. The smallest absolute Gasteiger partial charge is 0.273 e. The Morgan fingerprint density at radius 1 is 1.12 bits per heavy atom. The van der Waals surface area contributed by atoms with Gasteiger partial charge in [0.1, 0.15) is 11.4 Å². The molecule has 0 radical (unpaired) electrons. The second kappa shape index (κ2) is 14.4. The molecule has 0 spiro atoms. The van der Waals surface area contributed by atoms with Crippen LogP contribution in [0.25, 0.3) is 5.69 Å². The van der Waals surface area contributed by atoms with E-state index in [1.807, 2.05) is 6.92 Å². The molecule has 10 heteroatoms. The van der Waals surface area contributed by atoms with Gasteiger partial charge in [-0.1, -0.05) is 18.6 Å². The van der Waals surface area contributed by atoms with Crippen LogP contribution in [0.2, 0.25) is 0 Å². The van der Waals surface area contributed by atoms with E-state index in [0.717, 1.165) is 30.8 Å². The van der Waals surface area contributed by atoms with E-state index in [4.69, 9.17) is 4.74 Å². The maximum atomic E-state index is 12.3. The maximum absolute atomic E-state index is 12.3. The Bertz CT molecular complexity index is 862. The van der Waals surface area contributed by atoms with E-state index in [1.54, 1.807) is 30.0 Å². The van der Waals surface area contributed by atoms with Crippen LogP contribution in [0, 0.1) is 0 Å². The van der Waals surface area contributed by atoms with Crippen molar-refractivity contribution in [2.75, 3.05) is 37.9 Å². The molecule has 0 saturated heterocycles. The molecule has 0 atom stereocenters. The van der Waals surface area contributed by atoms with Crippen LogP contribution in [0.1, 0.15) is 60.4 Å². The van der Waals surface area contributed by atoms with Gasteiger partial charge in [-0.2, -0.15) is 11.8 Å². The number of amides is 2. The summed E-state index contributed by atoms with van der Waals surface area (Å²) in [5.74, 6) is 1.81. The first-order valence-electron chi connectivity index (χ1n) is 11.0. The van der Waals surface area contributed by atoms with Crippen molar-refractivity contribution in [3.8, 4) is 11.4 Å². The van der Waals surface area contributed by atoms with Crippen molar-refractivity contribution in [3.05, 3.63) is 35.7 Å². The Morgan fingerprint density at radius 3 is 2.69 bits per heavy atom. The van der Waals surface area contributed by atoms with Crippen molar-refractivity contribution >= 4 is 23.6 Å². The van der Waals surface area contributed by atoms with Gasteiger partial charge in [-0.3, -0.25) is 14.0 Å². The second-order valence-corrected chi connectivity index (χ2v) is 8.39. The zero-order chi connectivity index (χ0) is 23.2. The number of hydrogen-bond donors (Lipinski definition) is 2. The first-order valence-corrected chi connectivity index (χ1v) is 12.2. The van der Waals surface area contributed by atoms with E-state index in [9.17, 15) is 14.0 Å². The molecule has 176 valence electrons. The third kappa shape index (κ3) is 8.14. The molecule has 0 fully saturated rings. The third-order valence-electron chi connectivity index (χ3n) is 4.55. The van der Waals surface area contributed by atoms with Gasteiger partial charge in [0.05, 0.1) is 19.5 Å². The molecule has 2 aromatic rings. The molecule has 32 heavy (non-hydrogen) atoms. The highest BCUT2D eigenvalue weighted by atomic mass is 32.2. The number of thioether (sulfide) groups is 1. The van der Waals surface area contributed by atoms with Gasteiger partial charge >= 0.3 is 0 Å². The highest BCUT2D eigenvalue weighted by molar-refractivity contribution is 7.99. The van der Waals surface area contributed by atoms with Crippen molar-refractivity contribution in [1.29, 1.82) is 0 Å². The topological polar surface area (TPSA) is 98.1 Å². The Hall–Kier alpha value is -2.62. The summed E-state index contributed by atoms with van der Waals surface area (Å²) in [5.41, 5.74) is 1.25. The summed E-state index contributed by atoms with van der Waals surface area (Å²) in [7, 11) is 0. The molecular weight excluding hydrogens is 433 g/mol. The van der Waals surface area contributed by atoms with Crippen molar-refractivity contribution in [1.82, 2.24) is 25.6 Å². The van der Waals surface area contributed by atoms with Gasteiger partial charge < -0.3 is 15.4 Å². The van der Waals surface area contributed by atoms with E-state index in [0.29, 0.717) is 43.1 Å². The molecule has 0 aliphatic heterocycles. The van der Waals surface area contributed by atoms with Gasteiger partial charge in [0.2, 0.25) is 0 Å². The lowest BCUT2D eigenvalue weighted by Crippen LogP contribution is -2.26. The van der Waals surface area contributed by atoms with Gasteiger partial charge in [-0.25, -0.2) is 4.68 Å². The average Bonchev–Trinajstić information content (AvgIpc) is 3.29. The van der Waals surface area contributed by atoms with Crippen molar-refractivity contribution in [3.63, 3.8) is 0 Å². The molecule has 0 bridgehead atoms. The number of aromatic nitrogens is 3. The molecule has 0 unspecified atom stereocenters. The maximum Gasteiger partial charge on any atom is 0.273 e. The number of nitrogens with one attached hydrogen (secondary N) is 2. The fourth-order valence-corrected chi connectivity index (χ4v) is 3.45. The molecule has 8 nitrogen and oxygen atoms in total. The van der Waals surface area contributed by atoms with E-state index in [-0.39, 0.29) is 24.2 Å². The van der Waals surface area contributed by atoms with E-state index < -0.39 is 0 Å². The van der Waals surface area contributed by atoms with E-state index in [2.05, 4.69) is 27.9 Å². The molecule has 1 heterocycles. The van der Waals surface area contributed by atoms with Gasteiger partial charge in [-0.15, -0.1) is 5.10 Å². The SMILES string of the molecule is CCNC(=O)c1ccc(-n2cc(C(=O)NCCSCC)nn2)c(OCCCCCCF)c1. The molecule has 2 N–H and O–H groups in total. The highest BCUT2D eigenvalue weighted by Crippen LogP contribution is 2.25. The van der Waals surface area contributed by atoms with Crippen LogP contribution in [0.3, 0.4) is 0 Å². The normalized spacial score (nSPS) is 10.7. The lowest BCUT2D eigenvalue weighted by molar-refractivity contribution is 0.0945. The van der Waals surface area contributed by atoms with Crippen molar-refractivity contribution < 1.29 is 18.7 Å². The molecule has 1 aromatic carbocycles. The van der Waals surface area contributed by atoms with Gasteiger partial charge in [-0.05, 0) is 50.1 Å². The quantitative estimate of drug-likeness (QED) is 0.391. The number of unbranched alkanes of at least 4 members (excludes halogenated alkanes) is 3. The number of carbonyl (C=O) groups excluding carboxylic acids is 2. The van der Waals surface area contributed by atoms with Gasteiger partial charge in [0.25, 0.3) is 11.8 Å². The van der Waals surface area contributed by atoms with Crippen molar-refractivity contribution in [2.45, 2.75) is 39.5 Å². The summed E-state index contributed by atoms with van der Waals surface area (Å²) in [5, 5.41) is 13.6.